The van der Waals surface area contributed by atoms with Gasteiger partial charge in [-0.3, -0.25) is 4.98 Å². The van der Waals surface area contributed by atoms with Gasteiger partial charge in [0.05, 0.1) is 23.4 Å². The molecule has 0 unspecified atom stereocenters. The zero-order valence-corrected chi connectivity index (χ0v) is 13.3. The molecule has 1 aliphatic rings. The summed E-state index contributed by atoms with van der Waals surface area (Å²) in [5.74, 6) is 0.583. The molecule has 1 aromatic heterocycles. The van der Waals surface area contributed by atoms with E-state index in [4.69, 9.17) is 15.1 Å². The van der Waals surface area contributed by atoms with Crippen LogP contribution in [0, 0.1) is 11.3 Å². The molecule has 0 spiro atoms. The van der Waals surface area contributed by atoms with Gasteiger partial charge in [-0.15, -0.1) is 0 Å². The molecule has 122 valence electrons. The lowest BCUT2D eigenvalue weighted by Crippen LogP contribution is -2.42. The number of benzene rings is 1. The number of nitrogens with zero attached hydrogens (tertiary/aromatic N) is 3. The third-order valence-corrected chi connectivity index (χ3v) is 4.37. The molecule has 0 aliphatic heterocycles. The first-order valence-corrected chi connectivity index (χ1v) is 7.59. The minimum atomic E-state index is -0.948. The minimum absolute atomic E-state index is 0.305. The second-order valence-corrected chi connectivity index (χ2v) is 5.96. The third-order valence-electron chi connectivity index (χ3n) is 4.37. The average molecular weight is 323 g/mol. The number of hydrogen-bond donors (Lipinski definition) is 1. The minimum Gasteiger partial charge on any atom is -0.490 e. The van der Waals surface area contributed by atoms with E-state index >= 15 is 0 Å². The summed E-state index contributed by atoms with van der Waals surface area (Å²) >= 11 is 0. The number of hydrogen-bond acceptors (Lipinski definition) is 4. The first-order valence-electron chi connectivity index (χ1n) is 7.59. The molecule has 3 rings (SSSR count). The molecule has 1 amide bonds. The molecular formula is C18H17N3O3. The molecule has 1 fully saturated rings. The van der Waals surface area contributed by atoms with Crippen molar-refractivity contribution in [1.82, 2.24) is 9.88 Å². The number of pyridine rings is 1. The van der Waals surface area contributed by atoms with Crippen molar-refractivity contribution in [3.63, 3.8) is 0 Å². The van der Waals surface area contributed by atoms with Crippen molar-refractivity contribution in [2.75, 3.05) is 13.7 Å². The van der Waals surface area contributed by atoms with Crippen molar-refractivity contribution in [3.8, 4) is 22.9 Å². The molecule has 6 heteroatoms. The monoisotopic (exact) mass is 323 g/mol. The number of ether oxygens (including phenoxy) is 1. The number of nitriles is 1. The lowest BCUT2D eigenvalue weighted by atomic mass is 10.1. The van der Waals surface area contributed by atoms with Gasteiger partial charge in [-0.1, -0.05) is 12.1 Å². The molecule has 0 atom stereocenters. The molecule has 6 nitrogen and oxygen atoms in total. The molecule has 1 aromatic carbocycles. The SMILES string of the molecule is CN(C(=O)O)C1(COc2cncc(-c3cccc(C#N)c3)c2)CC1. The molecule has 24 heavy (non-hydrogen) atoms. The van der Waals surface area contributed by atoms with Gasteiger partial charge in [-0.25, -0.2) is 4.79 Å². The van der Waals surface area contributed by atoms with Gasteiger partial charge in [0, 0.05) is 18.8 Å². The van der Waals surface area contributed by atoms with Crippen LogP contribution in [0.25, 0.3) is 11.1 Å². The van der Waals surface area contributed by atoms with Crippen molar-refractivity contribution in [2.45, 2.75) is 18.4 Å². The summed E-state index contributed by atoms with van der Waals surface area (Å²) in [5, 5.41) is 18.1. The van der Waals surface area contributed by atoms with E-state index in [1.165, 1.54) is 4.90 Å². The maximum absolute atomic E-state index is 11.1. The molecular weight excluding hydrogens is 306 g/mol. The quantitative estimate of drug-likeness (QED) is 0.913. The molecule has 2 aromatic rings. The highest BCUT2D eigenvalue weighted by molar-refractivity contribution is 5.67. The summed E-state index contributed by atoms with van der Waals surface area (Å²) in [6.07, 6.45) is 3.96. The van der Waals surface area contributed by atoms with E-state index in [-0.39, 0.29) is 0 Å². The van der Waals surface area contributed by atoms with Crippen LogP contribution in [0.4, 0.5) is 4.79 Å². The van der Waals surface area contributed by atoms with Crippen LogP contribution >= 0.6 is 0 Å². The van der Waals surface area contributed by atoms with Crippen LogP contribution in [-0.2, 0) is 0 Å². The smallest absolute Gasteiger partial charge is 0.407 e. The van der Waals surface area contributed by atoms with Gasteiger partial charge in [0.2, 0.25) is 0 Å². The van der Waals surface area contributed by atoms with Gasteiger partial charge in [-0.2, -0.15) is 5.26 Å². The number of aromatic nitrogens is 1. The summed E-state index contributed by atoms with van der Waals surface area (Å²) in [6, 6.07) is 11.2. The van der Waals surface area contributed by atoms with E-state index in [0.717, 1.165) is 24.0 Å². The summed E-state index contributed by atoms with van der Waals surface area (Å²) in [5.41, 5.74) is 1.89. The molecule has 1 aliphatic carbocycles. The number of carboxylic acid groups (broad SMARTS) is 1. The van der Waals surface area contributed by atoms with Crippen LogP contribution in [0.2, 0.25) is 0 Å². The van der Waals surface area contributed by atoms with Crippen LogP contribution in [0.5, 0.6) is 5.75 Å². The molecule has 0 saturated heterocycles. The number of amides is 1. The molecule has 1 N–H and O–H groups in total. The number of carbonyl (C=O) groups is 1. The van der Waals surface area contributed by atoms with Gasteiger partial charge < -0.3 is 14.7 Å². The molecule has 0 bridgehead atoms. The highest BCUT2D eigenvalue weighted by atomic mass is 16.5. The van der Waals surface area contributed by atoms with E-state index < -0.39 is 11.6 Å². The summed E-state index contributed by atoms with van der Waals surface area (Å²) in [7, 11) is 1.57. The lowest BCUT2D eigenvalue weighted by molar-refractivity contribution is 0.109. The lowest BCUT2D eigenvalue weighted by Gasteiger charge is -2.25. The second-order valence-electron chi connectivity index (χ2n) is 5.96. The number of likely N-dealkylation sites (N-methyl/N-ethyl adjacent to an activating group) is 1. The largest absolute Gasteiger partial charge is 0.490 e. The van der Waals surface area contributed by atoms with Gasteiger partial charge in [0.25, 0.3) is 0 Å². The predicted molar refractivity (Wildman–Crippen MR) is 87.6 cm³/mol. The highest BCUT2D eigenvalue weighted by Gasteiger charge is 2.49. The van der Waals surface area contributed by atoms with E-state index in [9.17, 15) is 4.79 Å². The third kappa shape index (κ3) is 3.15. The Balaban J connectivity index is 1.74. The fourth-order valence-corrected chi connectivity index (χ4v) is 2.57. The normalized spacial score (nSPS) is 14.5. The summed E-state index contributed by atoms with van der Waals surface area (Å²) in [4.78, 5) is 16.6. The second kappa shape index (κ2) is 6.20. The Morgan fingerprint density at radius 3 is 2.83 bits per heavy atom. The Hall–Kier alpha value is -3.07. The van der Waals surface area contributed by atoms with Crippen molar-refractivity contribution in [2.24, 2.45) is 0 Å². The first kappa shape index (κ1) is 15.8. The van der Waals surface area contributed by atoms with E-state index in [1.54, 1.807) is 31.6 Å². The predicted octanol–water partition coefficient (Wildman–Crippen LogP) is 3.14. The standard InChI is InChI=1S/C18H17N3O3/c1-21(17(22)23)18(5-6-18)12-24-16-8-15(10-20-11-16)14-4-2-3-13(7-14)9-19/h2-4,7-8,10-11H,5-6,12H2,1H3,(H,22,23). The van der Waals surface area contributed by atoms with E-state index in [1.807, 2.05) is 18.2 Å². The van der Waals surface area contributed by atoms with Crippen molar-refractivity contribution < 1.29 is 14.6 Å². The van der Waals surface area contributed by atoms with E-state index in [2.05, 4.69) is 11.1 Å². The van der Waals surface area contributed by atoms with Gasteiger partial charge in [-0.05, 0) is 36.6 Å². The molecule has 1 heterocycles. The Labute approximate surface area is 139 Å². The van der Waals surface area contributed by atoms with Crippen LogP contribution in [0.15, 0.2) is 42.7 Å². The Bertz CT molecular complexity index is 809. The molecule has 0 radical (unpaired) electrons. The van der Waals surface area contributed by atoms with Crippen molar-refractivity contribution >= 4 is 6.09 Å². The maximum atomic E-state index is 11.1. The van der Waals surface area contributed by atoms with Gasteiger partial charge in [0.15, 0.2) is 0 Å². The Morgan fingerprint density at radius 2 is 2.17 bits per heavy atom. The van der Waals surface area contributed by atoms with E-state index in [0.29, 0.717) is 17.9 Å². The van der Waals surface area contributed by atoms with Crippen molar-refractivity contribution in [3.05, 3.63) is 48.3 Å². The maximum Gasteiger partial charge on any atom is 0.407 e. The topological polar surface area (TPSA) is 86.5 Å². The fourth-order valence-electron chi connectivity index (χ4n) is 2.57. The Morgan fingerprint density at radius 1 is 1.38 bits per heavy atom. The van der Waals surface area contributed by atoms with Gasteiger partial charge >= 0.3 is 6.09 Å². The first-order chi connectivity index (χ1) is 11.5. The van der Waals surface area contributed by atoms with Crippen LogP contribution < -0.4 is 4.74 Å². The zero-order valence-electron chi connectivity index (χ0n) is 13.3. The molecule has 1 saturated carbocycles. The van der Waals surface area contributed by atoms with Crippen molar-refractivity contribution in [1.29, 1.82) is 5.26 Å². The summed E-state index contributed by atoms with van der Waals surface area (Å²) < 4.78 is 5.79. The zero-order chi connectivity index (χ0) is 17.2. The van der Waals surface area contributed by atoms with Crippen LogP contribution in [0.3, 0.4) is 0 Å². The Kier molecular flexibility index (Phi) is 4.09. The van der Waals surface area contributed by atoms with Gasteiger partial charge in [0.1, 0.15) is 12.4 Å². The number of rotatable bonds is 5. The average Bonchev–Trinajstić information content (AvgIpc) is 3.40. The summed E-state index contributed by atoms with van der Waals surface area (Å²) in [6.45, 7) is 0.305. The van der Waals surface area contributed by atoms with Crippen LogP contribution in [0.1, 0.15) is 18.4 Å². The fraction of sp³-hybridized carbons (Fsp3) is 0.278. The van der Waals surface area contributed by atoms with Crippen LogP contribution in [-0.4, -0.2) is 40.3 Å². The highest BCUT2D eigenvalue weighted by Crippen LogP contribution is 2.41.